The van der Waals surface area contributed by atoms with Gasteiger partial charge < -0.3 is 10.4 Å². The second-order valence-electron chi connectivity index (χ2n) is 3.49. The van der Waals surface area contributed by atoms with Crippen molar-refractivity contribution >= 4 is 40.7 Å². The van der Waals surface area contributed by atoms with Gasteiger partial charge in [0.2, 0.25) is 0 Å². The summed E-state index contributed by atoms with van der Waals surface area (Å²) >= 11 is 13.6. The maximum Gasteiger partial charge on any atom is 0.152 e. The first-order valence-electron chi connectivity index (χ1n) is 4.69. The van der Waals surface area contributed by atoms with E-state index in [1.54, 1.807) is 12.1 Å². The number of anilines is 1. The predicted octanol–water partition coefficient (Wildman–Crippen LogP) is 3.62. The number of rotatable bonds is 2. The Morgan fingerprint density at radius 2 is 2.00 bits per heavy atom. The van der Waals surface area contributed by atoms with Gasteiger partial charge in [-0.05, 0) is 24.3 Å². The van der Waals surface area contributed by atoms with Gasteiger partial charge in [0.25, 0.3) is 0 Å². The number of phenols is 1. The van der Waals surface area contributed by atoms with E-state index in [0.29, 0.717) is 6.04 Å². The molecule has 0 aliphatic carbocycles. The first-order valence-corrected chi connectivity index (χ1v) is 6.60. The SMILES string of the molecule is Oc1c(Cl)cc(NC2CCSC2)cc1Cl. The fraction of sp³-hybridized carbons (Fsp3) is 0.400. The van der Waals surface area contributed by atoms with Gasteiger partial charge in [-0.1, -0.05) is 23.2 Å². The molecule has 1 aliphatic heterocycles. The van der Waals surface area contributed by atoms with Gasteiger partial charge in [-0.15, -0.1) is 0 Å². The van der Waals surface area contributed by atoms with E-state index in [1.165, 1.54) is 5.75 Å². The van der Waals surface area contributed by atoms with Crippen LogP contribution in [0.25, 0.3) is 0 Å². The summed E-state index contributed by atoms with van der Waals surface area (Å²) in [6.07, 6.45) is 1.15. The lowest BCUT2D eigenvalue weighted by molar-refractivity contribution is 0.476. The molecule has 2 nitrogen and oxygen atoms in total. The molecule has 2 N–H and O–H groups in total. The Labute approximate surface area is 103 Å². The smallest absolute Gasteiger partial charge is 0.152 e. The molecule has 0 radical (unpaired) electrons. The first-order chi connectivity index (χ1) is 7.16. The second kappa shape index (κ2) is 4.73. The zero-order valence-electron chi connectivity index (χ0n) is 7.96. The van der Waals surface area contributed by atoms with E-state index < -0.39 is 0 Å². The summed E-state index contributed by atoms with van der Waals surface area (Å²) in [4.78, 5) is 0. The third-order valence-corrected chi connectivity index (χ3v) is 4.06. The van der Waals surface area contributed by atoms with Crippen LogP contribution in [0.3, 0.4) is 0 Å². The van der Waals surface area contributed by atoms with Crippen LogP contribution in [0.15, 0.2) is 12.1 Å². The highest BCUT2D eigenvalue weighted by Crippen LogP contribution is 2.35. The van der Waals surface area contributed by atoms with Crippen LogP contribution in [-0.2, 0) is 0 Å². The molecule has 1 saturated heterocycles. The Morgan fingerprint density at radius 1 is 1.33 bits per heavy atom. The second-order valence-corrected chi connectivity index (χ2v) is 5.46. The van der Waals surface area contributed by atoms with Gasteiger partial charge in [-0.25, -0.2) is 0 Å². The molecular formula is C10H11Cl2NOS. The number of hydrogen-bond acceptors (Lipinski definition) is 3. The molecule has 1 aromatic carbocycles. The van der Waals surface area contributed by atoms with Crippen molar-refractivity contribution in [3.05, 3.63) is 22.2 Å². The lowest BCUT2D eigenvalue weighted by Crippen LogP contribution is -2.17. The minimum absolute atomic E-state index is 0.0512. The zero-order chi connectivity index (χ0) is 10.8. The number of hydrogen-bond donors (Lipinski definition) is 2. The Hall–Kier alpha value is -0.250. The zero-order valence-corrected chi connectivity index (χ0v) is 10.3. The van der Waals surface area contributed by atoms with Crippen molar-refractivity contribution in [3.63, 3.8) is 0 Å². The summed E-state index contributed by atoms with van der Waals surface area (Å²) in [5, 5.41) is 13.3. The average molecular weight is 264 g/mol. The Kier molecular flexibility index (Phi) is 3.54. The van der Waals surface area contributed by atoms with Crippen LogP contribution in [0.1, 0.15) is 6.42 Å². The van der Waals surface area contributed by atoms with E-state index in [0.717, 1.165) is 17.9 Å². The molecule has 0 aromatic heterocycles. The minimum Gasteiger partial charge on any atom is -0.505 e. The number of aromatic hydroxyl groups is 1. The highest BCUT2D eigenvalue weighted by Gasteiger charge is 2.16. The molecule has 1 heterocycles. The molecule has 1 atom stereocenters. The van der Waals surface area contributed by atoms with Gasteiger partial charge in [-0.3, -0.25) is 0 Å². The Bertz CT molecular complexity index is 343. The van der Waals surface area contributed by atoms with Gasteiger partial charge in [0.15, 0.2) is 5.75 Å². The van der Waals surface area contributed by atoms with Gasteiger partial charge in [0.1, 0.15) is 0 Å². The molecule has 0 spiro atoms. The number of nitrogens with one attached hydrogen (secondary N) is 1. The average Bonchev–Trinajstić information content (AvgIpc) is 2.66. The minimum atomic E-state index is -0.0512. The van der Waals surface area contributed by atoms with Crippen molar-refractivity contribution < 1.29 is 5.11 Å². The summed E-state index contributed by atoms with van der Waals surface area (Å²) in [5.74, 6) is 2.25. The molecule has 1 aliphatic rings. The Balaban J connectivity index is 2.14. The molecule has 1 unspecified atom stereocenters. The van der Waals surface area contributed by atoms with Gasteiger partial charge in [-0.2, -0.15) is 11.8 Å². The molecule has 5 heteroatoms. The lowest BCUT2D eigenvalue weighted by Gasteiger charge is -2.13. The van der Waals surface area contributed by atoms with Crippen molar-refractivity contribution in [2.75, 3.05) is 16.8 Å². The maximum absolute atomic E-state index is 9.40. The molecule has 0 amide bonds. The largest absolute Gasteiger partial charge is 0.505 e. The van der Waals surface area contributed by atoms with E-state index in [2.05, 4.69) is 5.32 Å². The van der Waals surface area contributed by atoms with E-state index in [-0.39, 0.29) is 15.8 Å². The van der Waals surface area contributed by atoms with Crippen LogP contribution >= 0.6 is 35.0 Å². The normalized spacial score (nSPS) is 20.5. The van der Waals surface area contributed by atoms with Crippen LogP contribution in [0.5, 0.6) is 5.75 Å². The molecule has 0 saturated carbocycles. The molecular weight excluding hydrogens is 253 g/mol. The quantitative estimate of drug-likeness (QED) is 0.800. The number of benzene rings is 1. The monoisotopic (exact) mass is 263 g/mol. The van der Waals surface area contributed by atoms with Crippen molar-refractivity contribution in [1.29, 1.82) is 0 Å². The molecule has 1 fully saturated rings. The van der Waals surface area contributed by atoms with Crippen LogP contribution in [0.4, 0.5) is 5.69 Å². The van der Waals surface area contributed by atoms with Crippen molar-refractivity contribution in [2.24, 2.45) is 0 Å². The topological polar surface area (TPSA) is 32.3 Å². The molecule has 82 valence electrons. The van der Waals surface area contributed by atoms with Gasteiger partial charge in [0.05, 0.1) is 10.0 Å². The highest BCUT2D eigenvalue weighted by atomic mass is 35.5. The van der Waals surface area contributed by atoms with Crippen LogP contribution in [0.2, 0.25) is 10.0 Å². The molecule has 15 heavy (non-hydrogen) atoms. The highest BCUT2D eigenvalue weighted by molar-refractivity contribution is 7.99. The van der Waals surface area contributed by atoms with Crippen LogP contribution in [-0.4, -0.2) is 22.7 Å². The summed E-state index contributed by atoms with van der Waals surface area (Å²) in [5.41, 5.74) is 0.871. The number of thioether (sulfide) groups is 1. The third kappa shape index (κ3) is 2.65. The summed E-state index contributed by atoms with van der Waals surface area (Å²) in [7, 11) is 0. The standard InChI is InChI=1S/C10H11Cl2NOS/c11-8-3-7(4-9(12)10(8)14)13-6-1-2-15-5-6/h3-4,6,13-14H,1-2,5H2. The van der Waals surface area contributed by atoms with Crippen LogP contribution in [0, 0.1) is 0 Å². The van der Waals surface area contributed by atoms with Crippen LogP contribution < -0.4 is 5.32 Å². The fourth-order valence-corrected chi connectivity index (χ4v) is 3.17. The van der Waals surface area contributed by atoms with Crippen molar-refractivity contribution in [1.82, 2.24) is 0 Å². The Morgan fingerprint density at radius 3 is 2.53 bits per heavy atom. The number of halogens is 2. The summed E-state index contributed by atoms with van der Waals surface area (Å²) in [6.45, 7) is 0. The first kappa shape index (κ1) is 11.2. The van der Waals surface area contributed by atoms with Gasteiger partial charge >= 0.3 is 0 Å². The van der Waals surface area contributed by atoms with E-state index >= 15 is 0 Å². The van der Waals surface area contributed by atoms with E-state index in [4.69, 9.17) is 23.2 Å². The van der Waals surface area contributed by atoms with E-state index in [1.807, 2.05) is 11.8 Å². The molecule has 1 aromatic rings. The lowest BCUT2D eigenvalue weighted by atomic mass is 10.2. The van der Waals surface area contributed by atoms with E-state index in [9.17, 15) is 5.11 Å². The van der Waals surface area contributed by atoms with Gasteiger partial charge in [0, 0.05) is 17.5 Å². The third-order valence-electron chi connectivity index (χ3n) is 2.32. The number of phenolic OH excluding ortho intramolecular Hbond substituents is 1. The summed E-state index contributed by atoms with van der Waals surface area (Å²) in [6, 6.07) is 3.88. The van der Waals surface area contributed by atoms with Crippen molar-refractivity contribution in [3.8, 4) is 5.75 Å². The molecule has 2 rings (SSSR count). The maximum atomic E-state index is 9.40. The summed E-state index contributed by atoms with van der Waals surface area (Å²) < 4.78 is 0. The fourth-order valence-electron chi connectivity index (χ4n) is 1.53. The molecule has 0 bridgehead atoms. The van der Waals surface area contributed by atoms with Crippen molar-refractivity contribution in [2.45, 2.75) is 12.5 Å². The predicted molar refractivity (Wildman–Crippen MR) is 67.5 cm³/mol.